The van der Waals surface area contributed by atoms with Crippen LogP contribution in [0, 0.1) is 0 Å². The molecule has 6 nitrogen and oxygen atoms in total. The third kappa shape index (κ3) is 4.31. The van der Waals surface area contributed by atoms with Crippen molar-refractivity contribution in [2.75, 3.05) is 0 Å². The molecule has 0 spiro atoms. The number of benzene rings is 1. The number of carbonyl (C=O) groups excluding carboxylic acids is 2. The van der Waals surface area contributed by atoms with E-state index in [1.165, 1.54) is 11.3 Å². The van der Waals surface area contributed by atoms with Crippen LogP contribution in [0.15, 0.2) is 42.5 Å². The van der Waals surface area contributed by atoms with Crippen LogP contribution >= 0.6 is 11.3 Å². The highest BCUT2D eigenvalue weighted by Crippen LogP contribution is 2.23. The van der Waals surface area contributed by atoms with Gasteiger partial charge in [0.1, 0.15) is 6.61 Å². The molecule has 0 bridgehead atoms. The number of hydrogen-bond acceptors (Lipinski definition) is 5. The summed E-state index contributed by atoms with van der Waals surface area (Å²) in [5.74, 6) is 4.73. The number of amides is 2. The zero-order valence-corrected chi connectivity index (χ0v) is 12.9. The highest BCUT2D eigenvalue weighted by molar-refractivity contribution is 7.14. The molecule has 0 aliphatic rings. The largest absolute Gasteiger partial charge is 0.445 e. The van der Waals surface area contributed by atoms with E-state index >= 15 is 0 Å². The molecule has 4 N–H and O–H groups in total. The summed E-state index contributed by atoms with van der Waals surface area (Å²) in [4.78, 5) is 24.5. The number of alkyl carbamates (subject to hydrolysis) is 1. The fourth-order valence-corrected chi connectivity index (χ4v) is 2.70. The van der Waals surface area contributed by atoms with Crippen LogP contribution in [-0.4, -0.2) is 12.0 Å². The van der Waals surface area contributed by atoms with Gasteiger partial charge in [0.2, 0.25) is 0 Å². The van der Waals surface area contributed by atoms with Crippen molar-refractivity contribution in [2.45, 2.75) is 19.6 Å². The van der Waals surface area contributed by atoms with Gasteiger partial charge in [-0.2, -0.15) is 0 Å². The van der Waals surface area contributed by atoms with E-state index < -0.39 is 6.09 Å². The normalized spacial score (nSPS) is 11.5. The maximum atomic E-state index is 11.8. The van der Waals surface area contributed by atoms with Crippen LogP contribution < -0.4 is 16.6 Å². The average molecular weight is 319 g/mol. The summed E-state index contributed by atoms with van der Waals surface area (Å²) in [7, 11) is 0. The van der Waals surface area contributed by atoms with Gasteiger partial charge in [0.15, 0.2) is 0 Å². The Kier molecular flexibility index (Phi) is 5.51. The lowest BCUT2D eigenvalue weighted by atomic mass is 10.2. The number of nitrogen functional groups attached to an aromatic ring is 1. The van der Waals surface area contributed by atoms with Gasteiger partial charge < -0.3 is 10.1 Å². The van der Waals surface area contributed by atoms with Gasteiger partial charge in [-0.25, -0.2) is 10.6 Å². The molecule has 116 valence electrons. The second kappa shape index (κ2) is 7.58. The van der Waals surface area contributed by atoms with Crippen molar-refractivity contribution in [1.29, 1.82) is 0 Å². The van der Waals surface area contributed by atoms with Gasteiger partial charge in [-0.05, 0) is 24.6 Å². The third-order valence-corrected chi connectivity index (χ3v) is 4.22. The molecule has 1 aromatic heterocycles. The summed E-state index contributed by atoms with van der Waals surface area (Å²) < 4.78 is 5.15. The number of thiophene rings is 1. The molecule has 0 radical (unpaired) electrons. The van der Waals surface area contributed by atoms with Gasteiger partial charge in [0.05, 0.1) is 10.9 Å². The van der Waals surface area contributed by atoms with Crippen molar-refractivity contribution in [2.24, 2.45) is 5.84 Å². The van der Waals surface area contributed by atoms with Crippen LogP contribution in [0.3, 0.4) is 0 Å². The van der Waals surface area contributed by atoms with Crippen molar-refractivity contribution in [1.82, 2.24) is 10.7 Å². The highest BCUT2D eigenvalue weighted by atomic mass is 32.1. The first kappa shape index (κ1) is 16.0. The second-order valence-corrected chi connectivity index (χ2v) is 5.72. The molecule has 0 fully saturated rings. The molecule has 1 aromatic carbocycles. The van der Waals surface area contributed by atoms with Gasteiger partial charge in [0, 0.05) is 4.88 Å². The Morgan fingerprint density at radius 2 is 1.95 bits per heavy atom. The monoisotopic (exact) mass is 319 g/mol. The first-order valence-corrected chi connectivity index (χ1v) is 7.49. The first-order valence-electron chi connectivity index (χ1n) is 6.68. The molecule has 0 saturated heterocycles. The summed E-state index contributed by atoms with van der Waals surface area (Å²) >= 11 is 1.27. The number of ether oxygens (including phenoxy) is 1. The fourth-order valence-electron chi connectivity index (χ4n) is 1.79. The molecular formula is C15H17N3O3S. The summed E-state index contributed by atoms with van der Waals surface area (Å²) in [5, 5.41) is 2.72. The second-order valence-electron chi connectivity index (χ2n) is 4.60. The van der Waals surface area contributed by atoms with E-state index in [1.54, 1.807) is 12.1 Å². The summed E-state index contributed by atoms with van der Waals surface area (Å²) in [6.07, 6.45) is -0.505. The zero-order chi connectivity index (χ0) is 15.9. The molecular weight excluding hydrogens is 302 g/mol. The molecule has 2 amide bonds. The van der Waals surface area contributed by atoms with Gasteiger partial charge in [-0.15, -0.1) is 11.3 Å². The first-order chi connectivity index (χ1) is 10.6. The van der Waals surface area contributed by atoms with E-state index in [0.29, 0.717) is 4.88 Å². The lowest BCUT2D eigenvalue weighted by Crippen LogP contribution is -2.29. The SMILES string of the molecule is CC(NC(=O)OCc1ccccc1)c1ccc(C(=O)NN)s1. The molecule has 0 aliphatic carbocycles. The Morgan fingerprint density at radius 3 is 2.64 bits per heavy atom. The molecule has 7 heteroatoms. The lowest BCUT2D eigenvalue weighted by molar-refractivity contribution is 0.0957. The Labute approximate surface area is 132 Å². The minimum absolute atomic E-state index is 0.213. The minimum atomic E-state index is -0.505. The predicted octanol–water partition coefficient (Wildman–Crippen LogP) is 2.34. The van der Waals surface area contributed by atoms with Crippen LogP contribution in [-0.2, 0) is 11.3 Å². The quantitative estimate of drug-likeness (QED) is 0.448. The zero-order valence-electron chi connectivity index (χ0n) is 12.0. The van der Waals surface area contributed by atoms with Crippen LogP contribution in [0.1, 0.15) is 33.1 Å². The van der Waals surface area contributed by atoms with Crippen LogP contribution in [0.2, 0.25) is 0 Å². The van der Waals surface area contributed by atoms with Gasteiger partial charge in [0.25, 0.3) is 5.91 Å². The maximum Gasteiger partial charge on any atom is 0.407 e. The summed E-state index contributed by atoms with van der Waals surface area (Å²) in [6.45, 7) is 2.03. The van der Waals surface area contributed by atoms with E-state index in [0.717, 1.165) is 10.4 Å². The molecule has 1 unspecified atom stereocenters. The molecule has 2 aromatic rings. The molecule has 0 saturated carbocycles. The lowest BCUT2D eigenvalue weighted by Gasteiger charge is -2.12. The smallest absolute Gasteiger partial charge is 0.407 e. The van der Waals surface area contributed by atoms with Crippen LogP contribution in [0.5, 0.6) is 0 Å². The van der Waals surface area contributed by atoms with Gasteiger partial charge in [-0.1, -0.05) is 30.3 Å². The number of carbonyl (C=O) groups is 2. The molecule has 1 atom stereocenters. The van der Waals surface area contributed by atoms with E-state index in [-0.39, 0.29) is 18.6 Å². The van der Waals surface area contributed by atoms with Gasteiger partial charge in [-0.3, -0.25) is 10.2 Å². The van der Waals surface area contributed by atoms with E-state index in [4.69, 9.17) is 10.6 Å². The number of nitrogens with one attached hydrogen (secondary N) is 2. The topological polar surface area (TPSA) is 93.4 Å². The van der Waals surface area contributed by atoms with Crippen molar-refractivity contribution in [3.8, 4) is 0 Å². The van der Waals surface area contributed by atoms with Crippen molar-refractivity contribution in [3.05, 3.63) is 57.8 Å². The Bertz CT molecular complexity index is 642. The van der Waals surface area contributed by atoms with Crippen LogP contribution in [0.4, 0.5) is 4.79 Å². The van der Waals surface area contributed by atoms with Crippen molar-refractivity contribution >= 4 is 23.3 Å². The van der Waals surface area contributed by atoms with Crippen molar-refractivity contribution < 1.29 is 14.3 Å². The number of nitrogens with two attached hydrogens (primary N) is 1. The van der Waals surface area contributed by atoms with Crippen LogP contribution in [0.25, 0.3) is 0 Å². The van der Waals surface area contributed by atoms with E-state index in [1.807, 2.05) is 37.3 Å². The Hall–Kier alpha value is -2.38. The summed E-state index contributed by atoms with van der Waals surface area (Å²) in [5.41, 5.74) is 2.99. The molecule has 2 rings (SSSR count). The Morgan fingerprint density at radius 1 is 1.23 bits per heavy atom. The van der Waals surface area contributed by atoms with Crippen molar-refractivity contribution in [3.63, 3.8) is 0 Å². The fraction of sp³-hybridized carbons (Fsp3) is 0.200. The molecule has 22 heavy (non-hydrogen) atoms. The minimum Gasteiger partial charge on any atom is -0.445 e. The van der Waals surface area contributed by atoms with E-state index in [9.17, 15) is 9.59 Å². The maximum absolute atomic E-state index is 11.8. The Balaban J connectivity index is 1.85. The third-order valence-electron chi connectivity index (χ3n) is 2.96. The predicted molar refractivity (Wildman–Crippen MR) is 84.2 cm³/mol. The average Bonchev–Trinajstić information content (AvgIpc) is 3.03. The number of rotatable bonds is 5. The highest BCUT2D eigenvalue weighted by Gasteiger charge is 2.15. The standard InChI is InChI=1S/C15H17N3O3S/c1-10(12-7-8-13(22-12)14(19)18-16)17-15(20)21-9-11-5-3-2-4-6-11/h2-8,10H,9,16H2,1H3,(H,17,20)(H,18,19). The molecule has 1 heterocycles. The van der Waals surface area contributed by atoms with Gasteiger partial charge >= 0.3 is 6.09 Å². The number of hydrogen-bond donors (Lipinski definition) is 3. The van der Waals surface area contributed by atoms with E-state index in [2.05, 4.69) is 10.7 Å². The summed E-state index contributed by atoms with van der Waals surface area (Å²) in [6, 6.07) is 12.6. The number of hydrazine groups is 1. The molecule has 0 aliphatic heterocycles.